The van der Waals surface area contributed by atoms with Gasteiger partial charge in [0.05, 0.1) is 0 Å². The van der Waals surface area contributed by atoms with Crippen LogP contribution >= 0.6 is 0 Å². The van der Waals surface area contributed by atoms with Gasteiger partial charge in [0, 0.05) is 5.97 Å². The van der Waals surface area contributed by atoms with E-state index in [0.717, 1.165) is 64.2 Å². The van der Waals surface area contributed by atoms with Gasteiger partial charge >= 0.3 is 29.6 Å². The Morgan fingerprint density at radius 2 is 1.78 bits per heavy atom. The summed E-state index contributed by atoms with van der Waals surface area (Å²) in [5.74, 6) is -0.949. The van der Waals surface area contributed by atoms with Crippen molar-refractivity contribution in [1.82, 2.24) is 0 Å². The van der Waals surface area contributed by atoms with Crippen LogP contribution in [0, 0.1) is 0 Å². The number of hydrogen-bond donors (Lipinski definition) is 1. The summed E-state index contributed by atoms with van der Waals surface area (Å²) in [4.78, 5) is 14.7. The number of allylic oxidation sites excluding steroid dienone is 3. The summed E-state index contributed by atoms with van der Waals surface area (Å²) in [5.41, 5.74) is 0. The van der Waals surface area contributed by atoms with E-state index in [1.54, 1.807) is 0 Å². The second-order valence-corrected chi connectivity index (χ2v) is 5.63. The molecule has 128 valence electrons. The molecule has 1 atom stereocenters. The minimum atomic E-state index is -0.949. The molecule has 4 nitrogen and oxygen atoms in total. The van der Waals surface area contributed by atoms with Gasteiger partial charge in [-0.15, -0.1) is 0 Å². The summed E-state index contributed by atoms with van der Waals surface area (Å²) >= 11 is 0. The van der Waals surface area contributed by atoms with Gasteiger partial charge < -0.3 is 9.90 Å². The quantitative estimate of drug-likeness (QED) is 0.160. The van der Waals surface area contributed by atoms with E-state index in [1.807, 2.05) is 18.2 Å². The van der Waals surface area contributed by atoms with Gasteiger partial charge in [0.25, 0.3) is 0 Å². The minimum Gasteiger partial charge on any atom is -0.550 e. The Hall–Kier alpha value is -0.130. The first-order valence-corrected chi connectivity index (χ1v) is 8.54. The summed E-state index contributed by atoms with van der Waals surface area (Å²) in [6.07, 6.45) is 18.1. The average Bonchev–Trinajstić information content (AvgIpc) is 2.50. The Labute approximate surface area is 163 Å². The molecule has 23 heavy (non-hydrogen) atoms. The fraction of sp³-hybridized carbons (Fsp3) is 0.722. The maximum Gasteiger partial charge on any atom is 1.00 e. The van der Waals surface area contributed by atoms with Crippen molar-refractivity contribution in [2.45, 2.75) is 83.7 Å². The molecule has 0 aliphatic carbocycles. The first kappa shape index (κ1) is 25.1. The molecule has 0 spiro atoms. The molecule has 0 fully saturated rings. The summed E-state index contributed by atoms with van der Waals surface area (Å²) in [7, 11) is 0. The van der Waals surface area contributed by atoms with Crippen LogP contribution in [0.2, 0.25) is 0 Å². The van der Waals surface area contributed by atoms with Crippen LogP contribution in [0.25, 0.3) is 0 Å². The molecule has 1 N–H and O–H groups in total. The summed E-state index contributed by atoms with van der Waals surface area (Å²) in [6.45, 7) is 2.15. The van der Waals surface area contributed by atoms with Crippen molar-refractivity contribution in [3.05, 3.63) is 24.3 Å². The van der Waals surface area contributed by atoms with E-state index < -0.39 is 5.97 Å². The molecule has 0 radical (unpaired) electrons. The fourth-order valence-corrected chi connectivity index (χ4v) is 2.20. The number of carbonyl (C=O) groups is 1. The van der Waals surface area contributed by atoms with Crippen LogP contribution in [-0.4, -0.2) is 17.3 Å². The molecule has 0 saturated heterocycles. The molecule has 0 bridgehead atoms. The van der Waals surface area contributed by atoms with Gasteiger partial charge in [-0.05, 0) is 32.1 Å². The van der Waals surface area contributed by atoms with Crippen LogP contribution in [-0.2, 0) is 9.68 Å². The molecule has 0 heterocycles. The van der Waals surface area contributed by atoms with E-state index in [9.17, 15) is 9.90 Å². The van der Waals surface area contributed by atoms with Crippen LogP contribution in [0.4, 0.5) is 0 Å². The predicted molar refractivity (Wildman–Crippen MR) is 87.2 cm³/mol. The Kier molecular flexibility index (Phi) is 21.7. The van der Waals surface area contributed by atoms with Crippen molar-refractivity contribution < 1.29 is 49.6 Å². The molecule has 0 aromatic heterocycles. The SMILES string of the molecule is CCCCCC(/C=C/C=C\CCCCCCCC(=O)[O-])OO.[Na+]. The molecular formula is C18H31NaO4. The van der Waals surface area contributed by atoms with E-state index >= 15 is 0 Å². The molecule has 0 saturated carbocycles. The average molecular weight is 334 g/mol. The largest absolute Gasteiger partial charge is 1.00 e. The zero-order valence-corrected chi connectivity index (χ0v) is 16.8. The molecule has 0 aromatic carbocycles. The van der Waals surface area contributed by atoms with Gasteiger partial charge in [0.15, 0.2) is 0 Å². The maximum absolute atomic E-state index is 10.2. The summed E-state index contributed by atoms with van der Waals surface area (Å²) in [6, 6.07) is 0. The number of carbonyl (C=O) groups excluding carboxylic acids is 1. The van der Waals surface area contributed by atoms with Crippen LogP contribution in [0.5, 0.6) is 0 Å². The fourth-order valence-electron chi connectivity index (χ4n) is 2.20. The molecule has 0 aliphatic heterocycles. The van der Waals surface area contributed by atoms with Gasteiger partial charge in [0.2, 0.25) is 0 Å². The van der Waals surface area contributed by atoms with E-state index in [2.05, 4.69) is 17.9 Å². The third-order valence-corrected chi connectivity index (χ3v) is 3.55. The van der Waals surface area contributed by atoms with Gasteiger partial charge in [0.1, 0.15) is 6.10 Å². The van der Waals surface area contributed by atoms with Crippen molar-refractivity contribution in [1.29, 1.82) is 0 Å². The van der Waals surface area contributed by atoms with Crippen molar-refractivity contribution in [2.75, 3.05) is 0 Å². The summed E-state index contributed by atoms with van der Waals surface area (Å²) < 4.78 is 0. The third-order valence-electron chi connectivity index (χ3n) is 3.55. The Bertz CT molecular complexity index is 316. The van der Waals surface area contributed by atoms with Gasteiger partial charge in [-0.2, -0.15) is 0 Å². The van der Waals surface area contributed by atoms with Crippen molar-refractivity contribution in [2.24, 2.45) is 0 Å². The molecule has 0 rings (SSSR count). The topological polar surface area (TPSA) is 69.6 Å². The maximum atomic E-state index is 10.2. The van der Waals surface area contributed by atoms with Crippen LogP contribution in [0.1, 0.15) is 77.6 Å². The smallest absolute Gasteiger partial charge is 0.550 e. The van der Waals surface area contributed by atoms with E-state index in [1.165, 1.54) is 0 Å². The number of carboxylic acid groups (broad SMARTS) is 1. The standard InChI is InChI=1S/C18H32O4.Na/c1-2-3-11-14-17(22-21)15-12-9-7-5-4-6-8-10-13-16-18(19)20;/h7,9,12,15,17,21H,2-6,8,10-11,13-14,16H2,1H3,(H,19,20);/q;+1/p-1/b9-7-,15-12+;. The van der Waals surface area contributed by atoms with Crippen molar-refractivity contribution in [3.8, 4) is 0 Å². The van der Waals surface area contributed by atoms with Crippen LogP contribution in [0.15, 0.2) is 24.3 Å². The number of aliphatic carboxylic acids is 1. The molecular weight excluding hydrogens is 303 g/mol. The molecule has 0 aromatic rings. The van der Waals surface area contributed by atoms with E-state index in [-0.39, 0.29) is 42.1 Å². The number of hydrogen-bond acceptors (Lipinski definition) is 4. The zero-order chi connectivity index (χ0) is 16.5. The Balaban J connectivity index is 0. The first-order valence-electron chi connectivity index (χ1n) is 8.54. The predicted octanol–water partition coefficient (Wildman–Crippen LogP) is 1.02. The first-order chi connectivity index (χ1) is 10.7. The Morgan fingerprint density at radius 3 is 2.43 bits per heavy atom. The molecule has 0 amide bonds. The monoisotopic (exact) mass is 334 g/mol. The van der Waals surface area contributed by atoms with Crippen LogP contribution < -0.4 is 34.7 Å². The van der Waals surface area contributed by atoms with Crippen LogP contribution in [0.3, 0.4) is 0 Å². The Morgan fingerprint density at radius 1 is 1.09 bits per heavy atom. The summed E-state index contributed by atoms with van der Waals surface area (Å²) in [5, 5.41) is 19.0. The zero-order valence-electron chi connectivity index (χ0n) is 14.8. The number of rotatable bonds is 15. The van der Waals surface area contributed by atoms with Crippen molar-refractivity contribution in [3.63, 3.8) is 0 Å². The molecule has 1 unspecified atom stereocenters. The van der Waals surface area contributed by atoms with Crippen molar-refractivity contribution >= 4 is 5.97 Å². The number of unbranched alkanes of at least 4 members (excludes halogenated alkanes) is 7. The molecule has 5 heteroatoms. The van der Waals surface area contributed by atoms with E-state index in [4.69, 9.17) is 5.26 Å². The molecule has 0 aliphatic rings. The normalized spacial score (nSPS) is 12.6. The number of carboxylic acids is 1. The van der Waals surface area contributed by atoms with Gasteiger partial charge in [-0.3, -0.25) is 5.26 Å². The van der Waals surface area contributed by atoms with Gasteiger partial charge in [-0.1, -0.05) is 69.8 Å². The second kappa shape index (κ2) is 19.9. The third kappa shape index (κ3) is 19.8. The van der Waals surface area contributed by atoms with Gasteiger partial charge in [-0.25, -0.2) is 4.89 Å². The van der Waals surface area contributed by atoms with E-state index in [0.29, 0.717) is 0 Å². The minimum absolute atomic E-state index is 0. The second-order valence-electron chi connectivity index (χ2n) is 5.63.